The number of carbonyl (C=O) groups excluding carboxylic acids is 2. The molecule has 2 fully saturated rings. The third kappa shape index (κ3) is 3.85. The molecule has 0 spiro atoms. The van der Waals surface area contributed by atoms with Crippen LogP contribution in [0.15, 0.2) is 24.3 Å². The van der Waals surface area contributed by atoms with Gasteiger partial charge in [0.15, 0.2) is 0 Å². The molecule has 7 heteroatoms. The Morgan fingerprint density at radius 1 is 1.25 bits per heavy atom. The normalized spacial score (nSPS) is 23.0. The number of hydrogen-bond acceptors (Lipinski definition) is 3. The maximum Gasteiger partial charge on any atom is 0.267 e. The van der Waals surface area contributed by atoms with Gasteiger partial charge in [-0.2, -0.15) is 5.26 Å². The van der Waals surface area contributed by atoms with Crippen molar-refractivity contribution in [1.29, 1.82) is 5.26 Å². The number of nitrogens with zero attached hydrogens (tertiary/aromatic N) is 1. The monoisotopic (exact) mass is 398 g/mol. The Labute approximate surface area is 168 Å². The molecule has 3 N–H and O–H groups in total. The number of nitriles is 1. The van der Waals surface area contributed by atoms with Crippen LogP contribution in [0, 0.1) is 22.7 Å². The maximum atomic E-state index is 12.8. The second kappa shape index (κ2) is 7.48. The molecule has 2 aromatic rings. The molecule has 6 nitrogen and oxygen atoms in total. The number of halogens is 1. The molecule has 1 aromatic carbocycles. The van der Waals surface area contributed by atoms with Crippen molar-refractivity contribution in [3.63, 3.8) is 0 Å². The van der Waals surface area contributed by atoms with Crippen LogP contribution in [0.1, 0.15) is 49.0 Å². The predicted molar refractivity (Wildman–Crippen MR) is 107 cm³/mol. The van der Waals surface area contributed by atoms with Crippen molar-refractivity contribution in [2.45, 2.75) is 44.6 Å². The van der Waals surface area contributed by atoms with Crippen LogP contribution in [-0.2, 0) is 4.79 Å². The molecule has 2 saturated carbocycles. The van der Waals surface area contributed by atoms with E-state index in [1.165, 1.54) is 0 Å². The molecule has 0 radical (unpaired) electrons. The Balaban J connectivity index is 1.42. The number of rotatable bonds is 5. The fourth-order valence-electron chi connectivity index (χ4n) is 3.95. The Hall–Kier alpha value is -2.52. The number of aromatic amines is 1. The van der Waals surface area contributed by atoms with Crippen LogP contribution in [0.5, 0.6) is 0 Å². The first kappa shape index (κ1) is 18.8. The van der Waals surface area contributed by atoms with Gasteiger partial charge in [-0.15, -0.1) is 0 Å². The van der Waals surface area contributed by atoms with Gasteiger partial charge in [-0.3, -0.25) is 9.59 Å². The number of nitrogens with one attached hydrogen (secondary N) is 3. The molecule has 28 heavy (non-hydrogen) atoms. The fourth-order valence-corrected chi connectivity index (χ4v) is 4.12. The van der Waals surface area contributed by atoms with Crippen LogP contribution in [0.4, 0.5) is 0 Å². The van der Waals surface area contributed by atoms with Crippen LogP contribution in [0.25, 0.3) is 10.9 Å². The lowest BCUT2D eigenvalue weighted by molar-refractivity contribution is -0.126. The third-order valence-electron chi connectivity index (χ3n) is 5.94. The van der Waals surface area contributed by atoms with Crippen molar-refractivity contribution in [3.05, 3.63) is 35.0 Å². The number of carbonyl (C=O) groups is 2. The minimum Gasteiger partial charge on any atom is -0.354 e. The summed E-state index contributed by atoms with van der Waals surface area (Å²) in [5, 5.41) is 16.7. The van der Waals surface area contributed by atoms with E-state index in [4.69, 9.17) is 11.6 Å². The van der Waals surface area contributed by atoms with Gasteiger partial charge >= 0.3 is 0 Å². The molecular formula is C21H23ClN4O2. The van der Waals surface area contributed by atoms with E-state index in [0.29, 0.717) is 17.3 Å². The minimum absolute atomic E-state index is 0.0602. The maximum absolute atomic E-state index is 12.8. The van der Waals surface area contributed by atoms with E-state index >= 15 is 0 Å². The van der Waals surface area contributed by atoms with Gasteiger partial charge in [0.05, 0.1) is 17.4 Å². The number of hydrogen-bond donors (Lipinski definition) is 3. The van der Waals surface area contributed by atoms with E-state index in [0.717, 1.165) is 49.4 Å². The molecule has 0 bridgehead atoms. The highest BCUT2D eigenvalue weighted by atomic mass is 35.5. The molecule has 2 aliphatic rings. The Bertz CT molecular complexity index is 957. The fraction of sp³-hybridized carbons (Fsp3) is 0.476. The molecule has 0 aliphatic heterocycles. The highest BCUT2D eigenvalue weighted by Crippen LogP contribution is 2.44. The summed E-state index contributed by atoms with van der Waals surface area (Å²) in [5.41, 5.74) is 0.902. The Morgan fingerprint density at radius 3 is 2.79 bits per heavy atom. The number of benzene rings is 1. The van der Waals surface area contributed by atoms with Crippen molar-refractivity contribution in [1.82, 2.24) is 15.6 Å². The summed E-state index contributed by atoms with van der Waals surface area (Å²) in [4.78, 5) is 28.6. The number of aromatic nitrogens is 1. The molecular weight excluding hydrogens is 376 g/mol. The number of amides is 2. The number of fused-ring (bicyclic) bond motifs is 1. The van der Waals surface area contributed by atoms with Gasteiger partial charge in [-0.05, 0) is 43.9 Å². The first-order chi connectivity index (χ1) is 13.5. The smallest absolute Gasteiger partial charge is 0.267 e. The highest BCUT2D eigenvalue weighted by Gasteiger charge is 2.44. The first-order valence-corrected chi connectivity index (χ1v) is 10.2. The second-order valence-electron chi connectivity index (χ2n) is 8.00. The summed E-state index contributed by atoms with van der Waals surface area (Å²) in [6.45, 7) is 0.405. The predicted octanol–water partition coefficient (Wildman–Crippen LogP) is 3.53. The summed E-state index contributed by atoms with van der Waals surface area (Å²) >= 11 is 6.01. The quantitative estimate of drug-likeness (QED) is 0.718. The molecule has 146 valence electrons. The van der Waals surface area contributed by atoms with E-state index in [-0.39, 0.29) is 29.2 Å². The second-order valence-corrected chi connectivity index (χ2v) is 8.43. The van der Waals surface area contributed by atoms with E-state index in [9.17, 15) is 14.9 Å². The third-order valence-corrected chi connectivity index (χ3v) is 6.18. The van der Waals surface area contributed by atoms with Crippen molar-refractivity contribution in [3.8, 4) is 6.07 Å². The van der Waals surface area contributed by atoms with E-state index in [1.807, 2.05) is 6.07 Å². The molecule has 1 aromatic heterocycles. The molecule has 0 saturated heterocycles. The van der Waals surface area contributed by atoms with Crippen LogP contribution in [0.2, 0.25) is 5.02 Å². The standard InChI is InChI=1S/C21H23ClN4O2/c22-14-6-5-13-9-18(25-17(13)10-14)20(28)26-16-4-2-1-3-15(16)19(27)24-12-21(11-23)7-8-21/h5-6,9-10,15-16,25H,1-4,7-8,12H2,(H,24,27)(H,26,28)/t15-,16+/m1/s1. The zero-order valence-corrected chi connectivity index (χ0v) is 16.3. The van der Waals surface area contributed by atoms with Crippen molar-refractivity contribution < 1.29 is 9.59 Å². The van der Waals surface area contributed by atoms with E-state index < -0.39 is 0 Å². The molecule has 2 atom stereocenters. The average Bonchev–Trinajstić information content (AvgIpc) is 3.36. The van der Waals surface area contributed by atoms with Crippen LogP contribution in [0.3, 0.4) is 0 Å². The van der Waals surface area contributed by atoms with Gasteiger partial charge in [0.1, 0.15) is 5.69 Å². The van der Waals surface area contributed by atoms with Gasteiger partial charge in [0.25, 0.3) is 5.91 Å². The Morgan fingerprint density at radius 2 is 2.04 bits per heavy atom. The summed E-state index contributed by atoms with van der Waals surface area (Å²) in [6.07, 6.45) is 5.17. The van der Waals surface area contributed by atoms with E-state index in [1.54, 1.807) is 18.2 Å². The average molecular weight is 399 g/mol. The largest absolute Gasteiger partial charge is 0.354 e. The van der Waals surface area contributed by atoms with Gasteiger partial charge in [0, 0.05) is 28.5 Å². The van der Waals surface area contributed by atoms with Crippen molar-refractivity contribution >= 4 is 34.3 Å². The molecule has 4 rings (SSSR count). The van der Waals surface area contributed by atoms with Crippen LogP contribution in [-0.4, -0.2) is 29.4 Å². The van der Waals surface area contributed by atoms with Crippen LogP contribution < -0.4 is 10.6 Å². The summed E-state index contributed by atoms with van der Waals surface area (Å²) in [5.74, 6) is -0.534. The lowest BCUT2D eigenvalue weighted by Gasteiger charge is -2.31. The Kier molecular flexibility index (Phi) is 5.03. The van der Waals surface area contributed by atoms with Crippen molar-refractivity contribution in [2.24, 2.45) is 11.3 Å². The first-order valence-electron chi connectivity index (χ1n) is 9.78. The minimum atomic E-state index is -0.366. The van der Waals surface area contributed by atoms with Crippen LogP contribution >= 0.6 is 11.6 Å². The molecule has 2 amide bonds. The van der Waals surface area contributed by atoms with Crippen molar-refractivity contribution in [2.75, 3.05) is 6.54 Å². The molecule has 1 heterocycles. The lowest BCUT2D eigenvalue weighted by atomic mass is 9.83. The zero-order chi connectivity index (χ0) is 19.7. The van der Waals surface area contributed by atoms with Gasteiger partial charge in [-0.25, -0.2) is 0 Å². The summed E-state index contributed by atoms with van der Waals surface area (Å²) in [6, 6.07) is 9.33. The topological polar surface area (TPSA) is 97.8 Å². The van der Waals surface area contributed by atoms with Gasteiger partial charge in [-0.1, -0.05) is 30.5 Å². The molecule has 0 unspecified atom stereocenters. The SMILES string of the molecule is N#CC1(CNC(=O)[C@@H]2CCCC[C@@H]2NC(=O)c2cc3ccc(Cl)cc3[nH]2)CC1. The highest BCUT2D eigenvalue weighted by molar-refractivity contribution is 6.31. The lowest BCUT2D eigenvalue weighted by Crippen LogP contribution is -2.49. The molecule has 2 aliphatic carbocycles. The number of H-pyrrole nitrogens is 1. The van der Waals surface area contributed by atoms with Gasteiger partial charge < -0.3 is 15.6 Å². The zero-order valence-electron chi connectivity index (χ0n) is 15.6. The van der Waals surface area contributed by atoms with E-state index in [2.05, 4.69) is 21.7 Å². The van der Waals surface area contributed by atoms with Gasteiger partial charge in [0.2, 0.25) is 5.91 Å². The summed E-state index contributed by atoms with van der Waals surface area (Å²) in [7, 11) is 0. The summed E-state index contributed by atoms with van der Waals surface area (Å²) < 4.78 is 0.